The lowest BCUT2D eigenvalue weighted by Crippen LogP contribution is -2.55. The van der Waals surface area contributed by atoms with Gasteiger partial charge in [-0.05, 0) is 49.8 Å². The van der Waals surface area contributed by atoms with Gasteiger partial charge in [-0.3, -0.25) is 9.59 Å². The molecule has 0 aliphatic carbocycles. The first-order valence-corrected chi connectivity index (χ1v) is 10.00. The minimum Gasteiger partial charge on any atom is -0.342 e. The number of benzene rings is 1. The van der Waals surface area contributed by atoms with E-state index in [1.165, 1.54) is 0 Å². The molecule has 0 unspecified atom stereocenters. The number of amides is 2. The van der Waals surface area contributed by atoms with Gasteiger partial charge in [-0.15, -0.1) is 0 Å². The second-order valence-corrected chi connectivity index (χ2v) is 8.52. The highest BCUT2D eigenvalue weighted by molar-refractivity contribution is 5.94. The van der Waals surface area contributed by atoms with Gasteiger partial charge in [0.2, 0.25) is 5.91 Å². The van der Waals surface area contributed by atoms with Crippen molar-refractivity contribution >= 4 is 11.8 Å². The normalized spacial score (nSPS) is 23.0. The van der Waals surface area contributed by atoms with Crippen molar-refractivity contribution < 1.29 is 9.59 Å². The SMILES string of the molecule is CC(C)CCN1C[C@]2(CCCN(C(=O)c3cccc(C#N)c3)C2)CCC1=O. The molecule has 2 aliphatic rings. The Morgan fingerprint density at radius 2 is 2.11 bits per heavy atom. The van der Waals surface area contributed by atoms with E-state index in [-0.39, 0.29) is 17.2 Å². The van der Waals surface area contributed by atoms with Crippen molar-refractivity contribution in [3.05, 3.63) is 35.4 Å². The molecule has 1 spiro atoms. The summed E-state index contributed by atoms with van der Waals surface area (Å²) in [5.41, 5.74) is 1.11. The van der Waals surface area contributed by atoms with Crippen molar-refractivity contribution in [3.63, 3.8) is 0 Å². The van der Waals surface area contributed by atoms with Crippen LogP contribution >= 0.6 is 0 Å². The highest BCUT2D eigenvalue weighted by Crippen LogP contribution is 2.39. The van der Waals surface area contributed by atoms with Crippen LogP contribution in [0.5, 0.6) is 0 Å². The second kappa shape index (κ2) is 8.12. The number of hydrogen-bond donors (Lipinski definition) is 0. The summed E-state index contributed by atoms with van der Waals surface area (Å²) in [5, 5.41) is 9.08. The standard InChI is InChI=1S/C22H29N3O2/c1-17(2)8-12-24-15-22(10-7-20(24)26)9-4-11-25(16-22)21(27)19-6-3-5-18(13-19)14-23/h3,5-6,13,17H,4,7-12,15-16H2,1-2H3/t22-/m0/s1. The molecule has 5 nitrogen and oxygen atoms in total. The predicted octanol–water partition coefficient (Wildman–Crippen LogP) is 3.45. The zero-order valence-electron chi connectivity index (χ0n) is 16.4. The summed E-state index contributed by atoms with van der Waals surface area (Å²) >= 11 is 0. The lowest BCUT2D eigenvalue weighted by atomic mass is 9.73. The Labute approximate surface area is 161 Å². The van der Waals surface area contributed by atoms with Crippen molar-refractivity contribution in [2.24, 2.45) is 11.3 Å². The smallest absolute Gasteiger partial charge is 0.253 e. The first kappa shape index (κ1) is 19.4. The summed E-state index contributed by atoms with van der Waals surface area (Å²) in [6.07, 6.45) is 4.51. The fraction of sp³-hybridized carbons (Fsp3) is 0.591. The molecule has 2 saturated heterocycles. The average molecular weight is 367 g/mol. The van der Waals surface area contributed by atoms with Crippen LogP contribution < -0.4 is 0 Å². The molecule has 0 saturated carbocycles. The number of nitrogens with zero attached hydrogens (tertiary/aromatic N) is 3. The number of carbonyl (C=O) groups excluding carboxylic acids is 2. The minimum atomic E-state index is -0.00296. The largest absolute Gasteiger partial charge is 0.342 e. The number of hydrogen-bond acceptors (Lipinski definition) is 3. The zero-order chi connectivity index (χ0) is 19.4. The Kier molecular flexibility index (Phi) is 5.84. The van der Waals surface area contributed by atoms with Crippen molar-refractivity contribution in [2.45, 2.75) is 46.0 Å². The topological polar surface area (TPSA) is 64.4 Å². The van der Waals surface area contributed by atoms with E-state index in [9.17, 15) is 9.59 Å². The van der Waals surface area contributed by atoms with E-state index in [1.54, 1.807) is 24.3 Å². The van der Waals surface area contributed by atoms with Crippen LogP contribution in [0.25, 0.3) is 0 Å². The maximum atomic E-state index is 13.0. The Balaban J connectivity index is 1.71. The molecule has 5 heteroatoms. The second-order valence-electron chi connectivity index (χ2n) is 8.52. The van der Waals surface area contributed by atoms with E-state index >= 15 is 0 Å². The van der Waals surface area contributed by atoms with E-state index in [2.05, 4.69) is 19.9 Å². The van der Waals surface area contributed by atoms with Crippen LogP contribution in [0.2, 0.25) is 0 Å². The third-order valence-electron chi connectivity index (χ3n) is 5.91. The molecule has 3 rings (SSSR count). The van der Waals surface area contributed by atoms with Gasteiger partial charge in [-0.1, -0.05) is 19.9 Å². The first-order valence-electron chi connectivity index (χ1n) is 10.00. The molecule has 1 aromatic rings. The number of piperidine rings is 2. The lowest BCUT2D eigenvalue weighted by molar-refractivity contribution is -0.139. The monoisotopic (exact) mass is 367 g/mol. The molecule has 2 amide bonds. The first-order chi connectivity index (χ1) is 12.9. The molecule has 27 heavy (non-hydrogen) atoms. The maximum Gasteiger partial charge on any atom is 0.253 e. The Morgan fingerprint density at radius 1 is 1.30 bits per heavy atom. The van der Waals surface area contributed by atoms with Crippen molar-refractivity contribution in [1.29, 1.82) is 5.26 Å². The summed E-state index contributed by atoms with van der Waals surface area (Å²) in [7, 11) is 0. The fourth-order valence-corrected chi connectivity index (χ4v) is 4.34. The van der Waals surface area contributed by atoms with E-state index in [0.29, 0.717) is 30.0 Å². The molecule has 0 N–H and O–H groups in total. The summed E-state index contributed by atoms with van der Waals surface area (Å²) in [5.74, 6) is 0.829. The van der Waals surface area contributed by atoms with Crippen LogP contribution in [0.4, 0.5) is 0 Å². The van der Waals surface area contributed by atoms with Gasteiger partial charge in [-0.2, -0.15) is 5.26 Å². The fourth-order valence-electron chi connectivity index (χ4n) is 4.34. The molecule has 0 radical (unpaired) electrons. The number of likely N-dealkylation sites (tertiary alicyclic amines) is 2. The van der Waals surface area contributed by atoms with E-state index < -0.39 is 0 Å². The molecule has 2 heterocycles. The predicted molar refractivity (Wildman–Crippen MR) is 104 cm³/mol. The summed E-state index contributed by atoms with van der Waals surface area (Å²) in [6.45, 7) is 7.39. The van der Waals surface area contributed by atoms with Crippen LogP contribution in [0.3, 0.4) is 0 Å². The number of carbonyl (C=O) groups is 2. The van der Waals surface area contributed by atoms with Gasteiger partial charge in [0.25, 0.3) is 5.91 Å². The zero-order valence-corrected chi connectivity index (χ0v) is 16.4. The van der Waals surface area contributed by atoms with E-state index in [0.717, 1.165) is 45.3 Å². The van der Waals surface area contributed by atoms with Gasteiger partial charge >= 0.3 is 0 Å². The van der Waals surface area contributed by atoms with E-state index in [4.69, 9.17) is 5.26 Å². The Bertz CT molecular complexity index is 752. The van der Waals surface area contributed by atoms with Gasteiger partial charge in [0.1, 0.15) is 0 Å². The van der Waals surface area contributed by atoms with E-state index in [1.807, 2.05) is 9.80 Å². The molecular weight excluding hydrogens is 338 g/mol. The third kappa shape index (κ3) is 4.50. The Hall–Kier alpha value is -2.35. The number of rotatable bonds is 4. The van der Waals surface area contributed by atoms with Crippen LogP contribution in [0.15, 0.2) is 24.3 Å². The molecule has 1 atom stereocenters. The summed E-state index contributed by atoms with van der Waals surface area (Å²) in [6, 6.07) is 9.03. The quantitative estimate of drug-likeness (QED) is 0.819. The highest BCUT2D eigenvalue weighted by Gasteiger charge is 2.42. The van der Waals surface area contributed by atoms with Crippen molar-refractivity contribution in [2.75, 3.05) is 26.2 Å². The lowest BCUT2D eigenvalue weighted by Gasteiger charge is -2.48. The van der Waals surface area contributed by atoms with Gasteiger partial charge < -0.3 is 9.80 Å². The minimum absolute atomic E-state index is 0.00296. The van der Waals surface area contributed by atoms with Crippen LogP contribution in [0.1, 0.15) is 61.9 Å². The van der Waals surface area contributed by atoms with Crippen LogP contribution in [-0.4, -0.2) is 47.8 Å². The molecule has 144 valence electrons. The third-order valence-corrected chi connectivity index (χ3v) is 5.91. The molecular formula is C22H29N3O2. The average Bonchev–Trinajstić information content (AvgIpc) is 2.68. The number of nitriles is 1. The van der Waals surface area contributed by atoms with Gasteiger partial charge in [0.05, 0.1) is 11.6 Å². The Morgan fingerprint density at radius 3 is 2.85 bits per heavy atom. The van der Waals surface area contributed by atoms with Crippen LogP contribution in [0, 0.1) is 22.7 Å². The van der Waals surface area contributed by atoms with Crippen molar-refractivity contribution in [1.82, 2.24) is 9.80 Å². The summed E-state index contributed by atoms with van der Waals surface area (Å²) < 4.78 is 0. The maximum absolute atomic E-state index is 13.0. The van der Waals surface area contributed by atoms with Crippen LogP contribution in [-0.2, 0) is 4.79 Å². The molecule has 0 aromatic heterocycles. The molecule has 2 aliphatic heterocycles. The highest BCUT2D eigenvalue weighted by atomic mass is 16.2. The van der Waals surface area contributed by atoms with Gasteiger partial charge in [-0.25, -0.2) is 0 Å². The molecule has 2 fully saturated rings. The molecule has 1 aromatic carbocycles. The molecule has 0 bridgehead atoms. The summed E-state index contributed by atoms with van der Waals surface area (Å²) in [4.78, 5) is 29.3. The van der Waals surface area contributed by atoms with Gasteiger partial charge in [0, 0.05) is 43.6 Å². The van der Waals surface area contributed by atoms with Gasteiger partial charge in [0.15, 0.2) is 0 Å². The van der Waals surface area contributed by atoms with Crippen molar-refractivity contribution in [3.8, 4) is 6.07 Å².